The smallest absolute Gasteiger partial charge is 0.315 e. The first kappa shape index (κ1) is 21.1. The van der Waals surface area contributed by atoms with Crippen molar-refractivity contribution in [1.82, 2.24) is 4.98 Å². The van der Waals surface area contributed by atoms with E-state index in [0.29, 0.717) is 23.9 Å². The maximum Gasteiger partial charge on any atom is 0.315 e. The van der Waals surface area contributed by atoms with Gasteiger partial charge in [-0.15, -0.1) is 11.3 Å². The zero-order chi connectivity index (χ0) is 22.1. The molecule has 1 amide bonds. The Morgan fingerprint density at radius 3 is 2.94 bits per heavy atom. The van der Waals surface area contributed by atoms with E-state index in [1.165, 1.54) is 17.4 Å². The molecule has 4 rings (SSSR count). The Morgan fingerprint density at radius 1 is 1.39 bits per heavy atom. The molecule has 31 heavy (non-hydrogen) atoms. The lowest BCUT2D eigenvalue weighted by Crippen LogP contribution is -2.14. The molecule has 0 saturated heterocycles. The number of furan rings is 1. The Hall–Kier alpha value is -3.13. The minimum absolute atomic E-state index is 0.253. The monoisotopic (exact) mass is 440 g/mol. The molecule has 0 bridgehead atoms. The van der Waals surface area contributed by atoms with Crippen LogP contribution in [0, 0.1) is 6.92 Å². The normalized spacial score (nSPS) is 15.7. The summed E-state index contributed by atoms with van der Waals surface area (Å²) in [6.07, 6.45) is 4.69. The van der Waals surface area contributed by atoms with Crippen LogP contribution in [0.1, 0.15) is 47.9 Å². The molecule has 1 atom stereocenters. The summed E-state index contributed by atoms with van der Waals surface area (Å²) in [5, 5.41) is 4.29. The average Bonchev–Trinajstić information content (AvgIpc) is 3.41. The van der Waals surface area contributed by atoms with E-state index in [4.69, 9.17) is 13.9 Å². The molecular formula is C23H24N2O5S. The van der Waals surface area contributed by atoms with Crippen molar-refractivity contribution in [2.75, 3.05) is 19.0 Å². The van der Waals surface area contributed by atoms with Gasteiger partial charge in [0.15, 0.2) is 5.13 Å². The fraction of sp³-hybridized carbons (Fsp3) is 0.348. The van der Waals surface area contributed by atoms with Crippen LogP contribution in [0.15, 0.2) is 28.9 Å². The van der Waals surface area contributed by atoms with E-state index >= 15 is 0 Å². The molecule has 1 aromatic carbocycles. The summed E-state index contributed by atoms with van der Waals surface area (Å²) in [7, 11) is 1.59. The number of esters is 1. The predicted molar refractivity (Wildman–Crippen MR) is 120 cm³/mol. The van der Waals surface area contributed by atoms with Crippen molar-refractivity contribution in [1.29, 1.82) is 0 Å². The highest BCUT2D eigenvalue weighted by molar-refractivity contribution is 7.16. The number of thiazole rings is 1. The molecule has 7 nitrogen and oxygen atoms in total. The number of nitrogens with one attached hydrogen (secondary N) is 1. The van der Waals surface area contributed by atoms with Gasteiger partial charge in [0.1, 0.15) is 17.3 Å². The van der Waals surface area contributed by atoms with E-state index in [2.05, 4.69) is 10.3 Å². The summed E-state index contributed by atoms with van der Waals surface area (Å²) in [5.74, 6) is -0.252. The highest BCUT2D eigenvalue weighted by atomic mass is 32.1. The van der Waals surface area contributed by atoms with Gasteiger partial charge in [-0.1, -0.05) is 0 Å². The number of hydrogen-bond donors (Lipinski definition) is 1. The van der Waals surface area contributed by atoms with E-state index in [1.54, 1.807) is 20.3 Å². The van der Waals surface area contributed by atoms with Crippen LogP contribution in [0.2, 0.25) is 0 Å². The molecule has 1 N–H and O–H groups in total. The number of amides is 1. The van der Waals surface area contributed by atoms with Gasteiger partial charge >= 0.3 is 5.97 Å². The highest BCUT2D eigenvalue weighted by Gasteiger charge is 2.33. The van der Waals surface area contributed by atoms with Crippen molar-refractivity contribution in [3.8, 4) is 5.75 Å². The largest absolute Gasteiger partial charge is 0.496 e. The molecule has 2 heterocycles. The fourth-order valence-corrected chi connectivity index (χ4v) is 4.87. The minimum Gasteiger partial charge on any atom is -0.496 e. The summed E-state index contributed by atoms with van der Waals surface area (Å²) >= 11 is 1.41. The van der Waals surface area contributed by atoms with Crippen LogP contribution in [-0.4, -0.2) is 30.6 Å². The summed E-state index contributed by atoms with van der Waals surface area (Å²) in [6.45, 7) is 5.96. The molecule has 0 fully saturated rings. The lowest BCUT2D eigenvalue weighted by molar-refractivity contribution is -0.145. The molecule has 0 spiro atoms. The number of methoxy groups -OCH3 is 1. The first-order valence-corrected chi connectivity index (χ1v) is 10.9. The maximum absolute atomic E-state index is 12.6. The number of fused-ring (bicyclic) bond motifs is 2. The molecule has 1 aliphatic carbocycles. The molecule has 0 radical (unpaired) electrons. The number of allylic oxidation sites excluding steroid dienone is 1. The van der Waals surface area contributed by atoms with Crippen molar-refractivity contribution in [2.45, 2.75) is 39.5 Å². The van der Waals surface area contributed by atoms with Crippen LogP contribution in [0.5, 0.6) is 5.75 Å². The second kappa shape index (κ2) is 8.55. The van der Waals surface area contributed by atoms with Gasteiger partial charge in [0.25, 0.3) is 0 Å². The third-order valence-corrected chi connectivity index (χ3v) is 6.43. The topological polar surface area (TPSA) is 90.7 Å². The predicted octanol–water partition coefficient (Wildman–Crippen LogP) is 4.84. The lowest BCUT2D eigenvalue weighted by Gasteiger charge is -2.09. The molecule has 1 unspecified atom stereocenters. The number of hydrogen-bond acceptors (Lipinski definition) is 7. The van der Waals surface area contributed by atoms with E-state index in [9.17, 15) is 9.59 Å². The first-order valence-electron chi connectivity index (χ1n) is 10.1. The number of anilines is 1. The summed E-state index contributed by atoms with van der Waals surface area (Å²) in [6, 6.07) is 3.79. The molecule has 3 aromatic rings. The third kappa shape index (κ3) is 4.07. The second-order valence-electron chi connectivity index (χ2n) is 7.45. The van der Waals surface area contributed by atoms with E-state index in [1.807, 2.05) is 26.0 Å². The molecule has 0 aliphatic heterocycles. The van der Waals surface area contributed by atoms with E-state index in [-0.39, 0.29) is 17.8 Å². The molecule has 1 aliphatic rings. The van der Waals surface area contributed by atoms with Gasteiger partial charge in [-0.25, -0.2) is 4.98 Å². The molecule has 2 aromatic heterocycles. The average molecular weight is 441 g/mol. The van der Waals surface area contributed by atoms with Crippen molar-refractivity contribution >= 4 is 44.9 Å². The van der Waals surface area contributed by atoms with E-state index < -0.39 is 0 Å². The Bertz CT molecular complexity index is 1190. The van der Waals surface area contributed by atoms with Crippen LogP contribution in [0.3, 0.4) is 0 Å². The van der Waals surface area contributed by atoms with Gasteiger partial charge < -0.3 is 13.9 Å². The third-order valence-electron chi connectivity index (χ3n) is 5.38. The van der Waals surface area contributed by atoms with Gasteiger partial charge in [0, 0.05) is 28.0 Å². The number of carbonyl (C=O) groups is 2. The SMILES string of the molecule is CCOC(=O)C1CCc2sc(NC(=O)/C=C(\C)c3cc4c(C)coc4cc3OC)nc21. The van der Waals surface area contributed by atoms with Crippen LogP contribution < -0.4 is 10.1 Å². The standard InChI is InChI=1S/C23H24N2O5S/c1-5-29-22(27)14-6-7-19-21(14)25-23(31-19)24-20(26)8-12(2)15-9-16-13(3)11-30-18(16)10-17(15)28-4/h8-11,14H,5-7H2,1-4H3,(H,24,25,26)/b12-8+. The molecule has 162 valence electrons. The van der Waals surface area contributed by atoms with Crippen LogP contribution in [-0.2, 0) is 20.7 Å². The van der Waals surface area contributed by atoms with Crippen molar-refractivity contribution in [3.63, 3.8) is 0 Å². The van der Waals surface area contributed by atoms with Crippen LogP contribution in [0.25, 0.3) is 16.5 Å². The zero-order valence-corrected chi connectivity index (χ0v) is 18.7. The number of ether oxygens (including phenoxy) is 2. The highest BCUT2D eigenvalue weighted by Crippen LogP contribution is 2.39. The lowest BCUT2D eigenvalue weighted by atomic mass is 10.0. The maximum atomic E-state index is 12.6. The van der Waals surface area contributed by atoms with Crippen molar-refractivity contribution in [3.05, 3.63) is 46.2 Å². The van der Waals surface area contributed by atoms with Gasteiger partial charge in [-0.2, -0.15) is 0 Å². The Morgan fingerprint density at radius 2 is 2.19 bits per heavy atom. The quantitative estimate of drug-likeness (QED) is 0.436. The summed E-state index contributed by atoms with van der Waals surface area (Å²) in [5.41, 5.74) is 4.06. The van der Waals surface area contributed by atoms with Gasteiger partial charge in [-0.3, -0.25) is 14.9 Å². The zero-order valence-electron chi connectivity index (χ0n) is 17.9. The summed E-state index contributed by atoms with van der Waals surface area (Å²) < 4.78 is 16.2. The number of aromatic nitrogens is 1. The van der Waals surface area contributed by atoms with Crippen LogP contribution in [0.4, 0.5) is 5.13 Å². The molecule has 8 heteroatoms. The van der Waals surface area contributed by atoms with E-state index in [0.717, 1.165) is 44.7 Å². The number of carbonyl (C=O) groups excluding carboxylic acids is 2. The summed E-state index contributed by atoms with van der Waals surface area (Å²) in [4.78, 5) is 30.3. The van der Waals surface area contributed by atoms with Gasteiger partial charge in [-0.05, 0) is 50.8 Å². The number of benzene rings is 1. The fourth-order valence-electron chi connectivity index (χ4n) is 3.83. The minimum atomic E-state index is -0.344. The molecule has 0 saturated carbocycles. The van der Waals surface area contributed by atoms with Crippen LogP contribution >= 0.6 is 11.3 Å². The number of rotatable bonds is 6. The Balaban J connectivity index is 1.54. The second-order valence-corrected chi connectivity index (χ2v) is 8.54. The number of nitrogens with zero attached hydrogens (tertiary/aromatic N) is 1. The van der Waals surface area contributed by atoms with Crippen molar-refractivity contribution < 1.29 is 23.5 Å². The number of aryl methyl sites for hydroxylation is 2. The first-order chi connectivity index (χ1) is 14.9. The van der Waals surface area contributed by atoms with Crippen molar-refractivity contribution in [2.24, 2.45) is 0 Å². The van der Waals surface area contributed by atoms with Gasteiger partial charge in [0.05, 0.1) is 25.7 Å². The molecular weight excluding hydrogens is 416 g/mol. The Labute approximate surface area is 184 Å². The van der Waals surface area contributed by atoms with Gasteiger partial charge in [0.2, 0.25) is 5.91 Å². The Kier molecular flexibility index (Phi) is 5.82.